The van der Waals surface area contributed by atoms with Crippen LogP contribution in [-0.2, 0) is 18.3 Å². The first-order valence-electron chi connectivity index (χ1n) is 12.6. The molecule has 0 unspecified atom stereocenters. The Hall–Kier alpha value is -2.99. The number of hydrogen-bond donors (Lipinski definition) is 1. The average Bonchev–Trinajstić information content (AvgIpc) is 3.46. The van der Waals surface area contributed by atoms with E-state index in [0.29, 0.717) is 27.5 Å². The minimum atomic E-state index is -0.209. The number of benzene rings is 1. The summed E-state index contributed by atoms with van der Waals surface area (Å²) in [6.45, 7) is 4.86. The molecule has 10 nitrogen and oxygen atoms in total. The third-order valence-electron chi connectivity index (χ3n) is 7.76. The van der Waals surface area contributed by atoms with Gasteiger partial charge >= 0.3 is 0 Å². The van der Waals surface area contributed by atoms with Crippen LogP contribution in [0.1, 0.15) is 25.5 Å². The van der Waals surface area contributed by atoms with E-state index >= 15 is 0 Å². The molecular weight excluding hydrogens is 524 g/mol. The second-order valence-electron chi connectivity index (χ2n) is 10.1. The quantitative estimate of drug-likeness (QED) is 0.398. The Morgan fingerprint density at radius 2 is 2.00 bits per heavy atom. The highest BCUT2D eigenvalue weighted by atomic mass is 35.5. The molecule has 6 rings (SSSR count). The van der Waals surface area contributed by atoms with Gasteiger partial charge in [0.1, 0.15) is 10.8 Å². The number of fused-ring (bicyclic) bond motifs is 1. The molecule has 0 saturated carbocycles. The number of nitrogens with two attached hydrogens (primary N) is 1. The smallest absolute Gasteiger partial charge is 0.263 e. The molecule has 2 aliphatic heterocycles. The van der Waals surface area contributed by atoms with Gasteiger partial charge in [-0.05, 0) is 38.0 Å². The van der Waals surface area contributed by atoms with E-state index in [9.17, 15) is 4.79 Å². The fourth-order valence-corrected chi connectivity index (χ4v) is 6.51. The molecule has 0 aliphatic carbocycles. The number of anilines is 1. The SMILES string of the molecule is C[C@@H]1OCC2(CCN(c3cnc(Sc4ccc5ncn(Cc6ccn(C)n6)c(=O)c5c4Cl)cn3)CC2)[C@@H]1N. The summed E-state index contributed by atoms with van der Waals surface area (Å²) in [7, 11) is 1.84. The van der Waals surface area contributed by atoms with E-state index in [1.807, 2.05) is 25.4 Å². The first kappa shape index (κ1) is 25.3. The number of aryl methyl sites for hydroxylation is 1. The molecule has 0 radical (unpaired) electrons. The molecule has 5 heterocycles. The topological polar surface area (TPSA) is 117 Å². The molecule has 1 aromatic carbocycles. The van der Waals surface area contributed by atoms with Crippen molar-refractivity contribution in [3.63, 3.8) is 0 Å². The van der Waals surface area contributed by atoms with Gasteiger partial charge < -0.3 is 15.4 Å². The molecular formula is C26H29ClN8O2S. The Bertz CT molecular complexity index is 1530. The van der Waals surface area contributed by atoms with Crippen LogP contribution in [0.4, 0.5) is 5.82 Å². The molecule has 0 amide bonds. The second kappa shape index (κ2) is 9.96. The molecule has 2 saturated heterocycles. The molecule has 4 aromatic rings. The molecule has 2 aliphatic rings. The van der Waals surface area contributed by atoms with Crippen molar-refractivity contribution in [1.82, 2.24) is 29.3 Å². The number of hydrogen-bond acceptors (Lipinski definition) is 9. The third kappa shape index (κ3) is 4.57. The van der Waals surface area contributed by atoms with Gasteiger partial charge in [-0.25, -0.2) is 15.0 Å². The van der Waals surface area contributed by atoms with Gasteiger partial charge in [-0.3, -0.25) is 14.0 Å². The third-order valence-corrected chi connectivity index (χ3v) is 9.24. The molecule has 0 bridgehead atoms. The predicted molar refractivity (Wildman–Crippen MR) is 147 cm³/mol. The van der Waals surface area contributed by atoms with Crippen molar-refractivity contribution < 1.29 is 4.74 Å². The summed E-state index contributed by atoms with van der Waals surface area (Å²) >= 11 is 8.11. The number of nitrogens with zero attached hydrogens (tertiary/aromatic N) is 7. The fraction of sp³-hybridized carbons (Fsp3) is 0.423. The number of piperidine rings is 1. The van der Waals surface area contributed by atoms with Gasteiger partial charge in [0, 0.05) is 42.7 Å². The Morgan fingerprint density at radius 1 is 1.18 bits per heavy atom. The average molecular weight is 553 g/mol. The summed E-state index contributed by atoms with van der Waals surface area (Å²) in [5.74, 6) is 0.843. The van der Waals surface area contributed by atoms with E-state index in [-0.39, 0.29) is 23.1 Å². The van der Waals surface area contributed by atoms with E-state index in [1.54, 1.807) is 23.1 Å². The maximum atomic E-state index is 13.3. The molecule has 2 N–H and O–H groups in total. The van der Waals surface area contributed by atoms with Crippen LogP contribution in [-0.4, -0.2) is 61.1 Å². The number of ether oxygens (including phenoxy) is 1. The van der Waals surface area contributed by atoms with Crippen molar-refractivity contribution in [1.29, 1.82) is 0 Å². The van der Waals surface area contributed by atoms with Crippen LogP contribution in [0.3, 0.4) is 0 Å². The first-order valence-corrected chi connectivity index (χ1v) is 13.8. The van der Waals surface area contributed by atoms with Gasteiger partial charge in [-0.2, -0.15) is 5.10 Å². The predicted octanol–water partition coefficient (Wildman–Crippen LogP) is 3.11. The van der Waals surface area contributed by atoms with Gasteiger partial charge in [0.05, 0.1) is 59.6 Å². The summed E-state index contributed by atoms with van der Waals surface area (Å²) in [4.78, 5) is 30.0. The van der Waals surface area contributed by atoms with Crippen LogP contribution in [0, 0.1) is 5.41 Å². The minimum Gasteiger partial charge on any atom is -0.376 e. The minimum absolute atomic E-state index is 0.0665. The standard InChI is InChI=1S/C26H29ClN8O2S/c1-16-24(28)26(14-37-16)6-9-34(10-7-26)20-11-30-21(12-29-20)38-19-4-3-18-22(23(19)27)25(36)35(15-31-18)13-17-5-8-33(2)32-17/h3-5,8,11-12,15-16,24H,6-7,9-10,13-14,28H2,1-2H3/t16-,24+/m0/s1. The lowest BCUT2D eigenvalue weighted by molar-refractivity contribution is 0.0974. The zero-order valence-electron chi connectivity index (χ0n) is 21.2. The van der Waals surface area contributed by atoms with Gasteiger partial charge in [0.15, 0.2) is 0 Å². The van der Waals surface area contributed by atoms with Crippen molar-refractivity contribution in [2.45, 2.75) is 48.4 Å². The normalized spacial score (nSPS) is 21.0. The van der Waals surface area contributed by atoms with Crippen LogP contribution >= 0.6 is 23.4 Å². The van der Waals surface area contributed by atoms with Crippen LogP contribution in [0.25, 0.3) is 10.9 Å². The van der Waals surface area contributed by atoms with Crippen molar-refractivity contribution in [2.24, 2.45) is 18.2 Å². The van der Waals surface area contributed by atoms with Crippen molar-refractivity contribution in [3.8, 4) is 0 Å². The lowest BCUT2D eigenvalue weighted by Gasteiger charge is -2.41. The van der Waals surface area contributed by atoms with Gasteiger partial charge in [0.25, 0.3) is 5.56 Å². The number of rotatable bonds is 5. The summed E-state index contributed by atoms with van der Waals surface area (Å²) in [6.07, 6.45) is 8.99. The largest absolute Gasteiger partial charge is 0.376 e. The second-order valence-corrected chi connectivity index (χ2v) is 11.6. The van der Waals surface area contributed by atoms with Crippen LogP contribution in [0.2, 0.25) is 5.02 Å². The van der Waals surface area contributed by atoms with Crippen molar-refractivity contribution in [3.05, 3.63) is 64.2 Å². The van der Waals surface area contributed by atoms with Crippen molar-refractivity contribution in [2.75, 3.05) is 24.6 Å². The summed E-state index contributed by atoms with van der Waals surface area (Å²) in [5.41, 5.74) is 7.63. The Balaban J connectivity index is 1.18. The maximum Gasteiger partial charge on any atom is 0.263 e. The van der Waals surface area contributed by atoms with E-state index in [0.717, 1.165) is 48.9 Å². The van der Waals surface area contributed by atoms with Crippen LogP contribution in [0.5, 0.6) is 0 Å². The number of aromatic nitrogens is 6. The molecule has 1 spiro atoms. The highest BCUT2D eigenvalue weighted by Crippen LogP contribution is 2.42. The zero-order valence-corrected chi connectivity index (χ0v) is 22.8. The highest BCUT2D eigenvalue weighted by Gasteiger charge is 2.47. The van der Waals surface area contributed by atoms with Crippen LogP contribution in [0.15, 0.2) is 57.8 Å². The Labute approximate surface area is 229 Å². The van der Waals surface area contributed by atoms with Crippen molar-refractivity contribution >= 4 is 40.1 Å². The number of halogens is 1. The molecule has 38 heavy (non-hydrogen) atoms. The fourth-order valence-electron chi connectivity index (χ4n) is 5.39. The first-order chi connectivity index (χ1) is 18.3. The molecule has 3 aromatic heterocycles. The highest BCUT2D eigenvalue weighted by molar-refractivity contribution is 7.99. The van der Waals surface area contributed by atoms with E-state index in [2.05, 4.69) is 31.9 Å². The molecule has 198 valence electrons. The lowest BCUT2D eigenvalue weighted by atomic mass is 9.73. The molecule has 2 fully saturated rings. The Kier molecular flexibility index (Phi) is 6.63. The summed E-state index contributed by atoms with van der Waals surface area (Å²) < 4.78 is 9.06. The zero-order chi connectivity index (χ0) is 26.4. The lowest BCUT2D eigenvalue weighted by Crippen LogP contribution is -2.50. The summed E-state index contributed by atoms with van der Waals surface area (Å²) in [6, 6.07) is 5.61. The molecule has 12 heteroatoms. The monoisotopic (exact) mass is 552 g/mol. The van der Waals surface area contributed by atoms with Crippen LogP contribution < -0.4 is 16.2 Å². The van der Waals surface area contributed by atoms with Gasteiger partial charge in [0.2, 0.25) is 0 Å². The van der Waals surface area contributed by atoms with Gasteiger partial charge in [-0.15, -0.1) is 0 Å². The van der Waals surface area contributed by atoms with Gasteiger partial charge in [-0.1, -0.05) is 23.4 Å². The summed E-state index contributed by atoms with van der Waals surface area (Å²) in [5, 5.41) is 5.78. The van der Waals surface area contributed by atoms with E-state index in [4.69, 9.17) is 22.1 Å². The van der Waals surface area contributed by atoms with E-state index in [1.165, 1.54) is 22.7 Å². The van der Waals surface area contributed by atoms with E-state index < -0.39 is 0 Å². The molecule has 2 atom stereocenters. The maximum absolute atomic E-state index is 13.3. The Morgan fingerprint density at radius 3 is 2.66 bits per heavy atom.